The Hall–Kier alpha value is -2.96. The van der Waals surface area contributed by atoms with Crippen molar-refractivity contribution in [1.29, 1.82) is 0 Å². The van der Waals surface area contributed by atoms with E-state index >= 15 is 0 Å². The smallest absolute Gasteiger partial charge is 0.283 e. The summed E-state index contributed by atoms with van der Waals surface area (Å²) in [6.45, 7) is 2.28. The lowest BCUT2D eigenvalue weighted by Crippen LogP contribution is -2.44. The van der Waals surface area contributed by atoms with Crippen LogP contribution in [0.25, 0.3) is 5.70 Å². The minimum atomic E-state index is -3.91. The van der Waals surface area contributed by atoms with E-state index in [1.165, 1.54) is 16.6 Å². The first-order valence-corrected chi connectivity index (χ1v) is 11.4. The van der Waals surface area contributed by atoms with Crippen LogP contribution >= 0.6 is 0 Å². The molecule has 4 rings (SSSR count). The second-order valence-corrected chi connectivity index (χ2v) is 8.81. The van der Waals surface area contributed by atoms with Crippen LogP contribution < -0.4 is 0 Å². The summed E-state index contributed by atoms with van der Waals surface area (Å²) in [6, 6.07) is 24.6. The number of pyridine rings is 1. The summed E-state index contributed by atoms with van der Waals surface area (Å²) in [7, 11) is -3.91. The van der Waals surface area contributed by atoms with E-state index in [2.05, 4.69) is 17.1 Å². The van der Waals surface area contributed by atoms with Gasteiger partial charge in [0.25, 0.3) is 10.0 Å². The van der Waals surface area contributed by atoms with Crippen LogP contribution in [0.4, 0.5) is 0 Å². The number of ether oxygens (including phenoxy) is 1. The fourth-order valence-electron chi connectivity index (χ4n) is 3.78. The van der Waals surface area contributed by atoms with Gasteiger partial charge in [-0.25, -0.2) is 9.29 Å². The van der Waals surface area contributed by atoms with Crippen molar-refractivity contribution in [3.63, 3.8) is 0 Å². The van der Waals surface area contributed by atoms with E-state index < -0.39 is 16.3 Å². The molecule has 1 aliphatic rings. The Bertz CT molecular complexity index is 1100. The third kappa shape index (κ3) is 4.01. The van der Waals surface area contributed by atoms with E-state index in [0.29, 0.717) is 18.7 Å². The molecule has 0 radical (unpaired) electrons. The predicted molar refractivity (Wildman–Crippen MR) is 117 cm³/mol. The number of benzene rings is 2. The Kier molecular flexibility index (Phi) is 5.97. The van der Waals surface area contributed by atoms with E-state index in [1.54, 1.807) is 12.1 Å². The zero-order valence-corrected chi connectivity index (χ0v) is 17.6. The molecule has 0 N–H and O–H groups in total. The van der Waals surface area contributed by atoms with Gasteiger partial charge in [-0.15, -0.1) is 0 Å². The highest BCUT2D eigenvalue weighted by Crippen LogP contribution is 2.40. The summed E-state index contributed by atoms with van der Waals surface area (Å²) < 4.78 is 34.7. The maximum atomic E-state index is 13.6. The largest absolute Gasteiger partial charge is 0.358 e. The fraction of sp³-hybridized carbons (Fsp3) is 0.208. The van der Waals surface area contributed by atoms with Gasteiger partial charge in [0.05, 0.1) is 5.70 Å². The quantitative estimate of drug-likeness (QED) is 0.582. The number of hydrogen-bond donors (Lipinski definition) is 0. The zero-order chi connectivity index (χ0) is 21.0. The van der Waals surface area contributed by atoms with Crippen molar-refractivity contribution in [3.05, 3.63) is 102 Å². The van der Waals surface area contributed by atoms with Gasteiger partial charge >= 0.3 is 0 Å². The molecular weight excluding hydrogens is 396 g/mol. The molecule has 0 saturated carbocycles. The SMILES string of the molecule is CCO[C@@H]1C[C@H](c2ccccc2)C=C(c2ccccc2)N1S(=O)(=O)c1ccccn1. The number of nitrogens with zero attached hydrogens (tertiary/aromatic N) is 2. The Balaban J connectivity index is 1.89. The van der Waals surface area contributed by atoms with E-state index in [1.807, 2.05) is 61.5 Å². The molecule has 0 bridgehead atoms. The van der Waals surface area contributed by atoms with Crippen molar-refractivity contribution < 1.29 is 13.2 Å². The van der Waals surface area contributed by atoms with Crippen LogP contribution in [0.2, 0.25) is 0 Å². The third-order valence-electron chi connectivity index (χ3n) is 5.13. The Morgan fingerprint density at radius 3 is 2.27 bits per heavy atom. The molecule has 30 heavy (non-hydrogen) atoms. The van der Waals surface area contributed by atoms with E-state index in [-0.39, 0.29) is 10.9 Å². The molecule has 0 unspecified atom stereocenters. The van der Waals surface area contributed by atoms with Crippen molar-refractivity contribution in [2.75, 3.05) is 6.61 Å². The van der Waals surface area contributed by atoms with E-state index in [0.717, 1.165) is 11.1 Å². The molecule has 0 aliphatic carbocycles. The molecule has 0 fully saturated rings. The second kappa shape index (κ2) is 8.81. The van der Waals surface area contributed by atoms with Gasteiger partial charge in [-0.3, -0.25) is 0 Å². The number of hydrogen-bond acceptors (Lipinski definition) is 4. The first-order chi connectivity index (χ1) is 14.6. The molecular formula is C24H24N2O3S. The topological polar surface area (TPSA) is 59.5 Å². The molecule has 6 heteroatoms. The Morgan fingerprint density at radius 2 is 1.63 bits per heavy atom. The lowest BCUT2D eigenvalue weighted by atomic mass is 9.90. The molecule has 0 spiro atoms. The number of sulfonamides is 1. The zero-order valence-electron chi connectivity index (χ0n) is 16.8. The van der Waals surface area contributed by atoms with Crippen LogP contribution in [0, 0.1) is 0 Å². The van der Waals surface area contributed by atoms with Crippen LogP contribution in [-0.2, 0) is 14.8 Å². The van der Waals surface area contributed by atoms with Crippen LogP contribution in [0.5, 0.6) is 0 Å². The van der Waals surface area contributed by atoms with Gasteiger partial charge in [0.1, 0.15) is 6.23 Å². The Morgan fingerprint density at radius 1 is 0.967 bits per heavy atom. The van der Waals surface area contributed by atoms with Crippen LogP contribution in [0.15, 0.2) is 96.2 Å². The summed E-state index contributed by atoms with van der Waals surface area (Å²) in [5.41, 5.74) is 2.56. The summed E-state index contributed by atoms with van der Waals surface area (Å²) in [6.07, 6.45) is 3.42. The van der Waals surface area contributed by atoms with Gasteiger partial charge in [-0.05, 0) is 30.2 Å². The minimum Gasteiger partial charge on any atom is -0.358 e. The normalized spacial score (nSPS) is 19.4. The van der Waals surface area contributed by atoms with E-state index in [9.17, 15) is 8.42 Å². The lowest BCUT2D eigenvalue weighted by Gasteiger charge is -2.39. The van der Waals surface area contributed by atoms with Gasteiger partial charge in [0.2, 0.25) is 0 Å². The fourth-order valence-corrected chi connectivity index (χ4v) is 5.31. The van der Waals surface area contributed by atoms with Crippen LogP contribution in [0.3, 0.4) is 0 Å². The number of aromatic nitrogens is 1. The first-order valence-electron chi connectivity index (χ1n) is 10.0. The molecule has 1 aromatic heterocycles. The summed E-state index contributed by atoms with van der Waals surface area (Å²) in [4.78, 5) is 4.11. The van der Waals surface area contributed by atoms with Crippen LogP contribution in [0.1, 0.15) is 30.4 Å². The molecule has 0 saturated heterocycles. The molecule has 1 aliphatic heterocycles. The lowest BCUT2D eigenvalue weighted by molar-refractivity contribution is -0.00305. The first kappa shape index (κ1) is 20.3. The van der Waals surface area contributed by atoms with Crippen molar-refractivity contribution in [2.24, 2.45) is 0 Å². The van der Waals surface area contributed by atoms with Gasteiger partial charge < -0.3 is 4.74 Å². The summed E-state index contributed by atoms with van der Waals surface area (Å²) in [5.74, 6) is 0.0353. The average Bonchev–Trinajstić information content (AvgIpc) is 2.80. The molecule has 3 aromatic rings. The van der Waals surface area contributed by atoms with Gasteiger partial charge in [-0.1, -0.05) is 72.8 Å². The molecule has 2 aromatic carbocycles. The number of rotatable bonds is 6. The molecule has 5 nitrogen and oxygen atoms in total. The van der Waals surface area contributed by atoms with Crippen molar-refractivity contribution >= 4 is 15.7 Å². The highest BCUT2D eigenvalue weighted by atomic mass is 32.2. The number of allylic oxidation sites excluding steroid dienone is 1. The maximum absolute atomic E-state index is 13.6. The van der Waals surface area contributed by atoms with Gasteiger partial charge in [0.15, 0.2) is 5.03 Å². The van der Waals surface area contributed by atoms with E-state index in [4.69, 9.17) is 4.74 Å². The Labute approximate surface area is 177 Å². The van der Waals surface area contributed by atoms with Crippen molar-refractivity contribution in [3.8, 4) is 0 Å². The van der Waals surface area contributed by atoms with Crippen molar-refractivity contribution in [2.45, 2.75) is 30.5 Å². The molecule has 2 heterocycles. The summed E-state index contributed by atoms with van der Waals surface area (Å²) >= 11 is 0. The maximum Gasteiger partial charge on any atom is 0.283 e. The standard InChI is InChI=1S/C24H24N2O3S/c1-2-29-24-18-21(19-11-5-3-6-12-19)17-22(20-13-7-4-8-14-20)26(24)30(27,28)23-15-9-10-16-25-23/h3-17,21,24H,2,18H2,1H3/t21-,24-/m1/s1. The minimum absolute atomic E-state index is 0.00898. The molecule has 154 valence electrons. The van der Waals surface area contributed by atoms with Crippen LogP contribution in [-0.4, -0.2) is 30.5 Å². The monoisotopic (exact) mass is 420 g/mol. The van der Waals surface area contributed by atoms with Crippen molar-refractivity contribution in [1.82, 2.24) is 9.29 Å². The highest BCUT2D eigenvalue weighted by molar-refractivity contribution is 7.89. The highest BCUT2D eigenvalue weighted by Gasteiger charge is 2.39. The summed E-state index contributed by atoms with van der Waals surface area (Å²) in [5, 5.41) is 0.00898. The third-order valence-corrected chi connectivity index (χ3v) is 6.85. The predicted octanol–water partition coefficient (Wildman–Crippen LogP) is 4.66. The molecule has 0 amide bonds. The van der Waals surface area contributed by atoms with Gasteiger partial charge in [0, 0.05) is 25.1 Å². The molecule has 2 atom stereocenters. The second-order valence-electron chi connectivity index (χ2n) is 7.05. The average molecular weight is 421 g/mol. The van der Waals surface area contributed by atoms with Gasteiger partial charge in [-0.2, -0.15) is 8.42 Å².